The van der Waals surface area contributed by atoms with Crippen LogP contribution in [0.4, 0.5) is 0 Å². The van der Waals surface area contributed by atoms with Crippen LogP contribution in [0.1, 0.15) is 33.9 Å². The Morgan fingerprint density at radius 2 is 1.79 bits per heavy atom. The lowest BCUT2D eigenvalue weighted by Crippen LogP contribution is -2.41. The molecule has 0 saturated heterocycles. The predicted molar refractivity (Wildman–Crippen MR) is 109 cm³/mol. The second-order valence-electron chi connectivity index (χ2n) is 5.89. The number of methoxy groups -OCH3 is 1. The van der Waals surface area contributed by atoms with Crippen molar-refractivity contribution in [2.75, 3.05) is 13.7 Å². The van der Waals surface area contributed by atoms with Crippen molar-refractivity contribution in [2.24, 2.45) is 0 Å². The van der Waals surface area contributed by atoms with Crippen molar-refractivity contribution < 1.29 is 23.9 Å². The van der Waals surface area contributed by atoms with Gasteiger partial charge < -0.3 is 14.8 Å². The van der Waals surface area contributed by atoms with Crippen molar-refractivity contribution in [3.05, 3.63) is 44.6 Å². The van der Waals surface area contributed by atoms with Gasteiger partial charge in [-0.15, -0.1) is 11.3 Å². The lowest BCUT2D eigenvalue weighted by Gasteiger charge is -2.13. The molecular formula is C18H20BrN3O5S. The minimum atomic E-state index is -0.522. The second-order valence-corrected chi connectivity index (χ2v) is 8.35. The van der Waals surface area contributed by atoms with Crippen LogP contribution in [0.5, 0.6) is 11.5 Å². The third-order valence-electron chi connectivity index (χ3n) is 3.32. The van der Waals surface area contributed by atoms with Crippen molar-refractivity contribution in [3.8, 4) is 11.5 Å². The number of carbonyl (C=O) groups is 3. The van der Waals surface area contributed by atoms with E-state index < -0.39 is 11.8 Å². The fourth-order valence-corrected chi connectivity index (χ4v) is 3.40. The Morgan fingerprint density at radius 3 is 2.39 bits per heavy atom. The van der Waals surface area contributed by atoms with E-state index in [-0.39, 0.29) is 24.1 Å². The van der Waals surface area contributed by atoms with Crippen LogP contribution >= 0.6 is 27.3 Å². The van der Waals surface area contributed by atoms with Crippen molar-refractivity contribution >= 4 is 45.0 Å². The molecule has 0 bridgehead atoms. The van der Waals surface area contributed by atoms with Gasteiger partial charge in [0.2, 0.25) is 0 Å². The zero-order chi connectivity index (χ0) is 20.7. The maximum absolute atomic E-state index is 12.3. The first-order valence-corrected chi connectivity index (χ1v) is 9.87. The number of rotatable bonds is 7. The van der Waals surface area contributed by atoms with Crippen LogP contribution in [0.25, 0.3) is 0 Å². The summed E-state index contributed by atoms with van der Waals surface area (Å²) in [5.74, 6) is -0.593. The maximum Gasteiger partial charge on any atom is 0.279 e. The zero-order valence-electron chi connectivity index (χ0n) is 15.5. The molecule has 0 aliphatic rings. The first kappa shape index (κ1) is 21.7. The number of hydrogen-bond donors (Lipinski definition) is 3. The number of carbonyl (C=O) groups excluding carboxylic acids is 3. The highest BCUT2D eigenvalue weighted by Gasteiger charge is 2.14. The lowest BCUT2D eigenvalue weighted by atomic mass is 10.2. The Morgan fingerprint density at radius 1 is 1.07 bits per heavy atom. The van der Waals surface area contributed by atoms with Gasteiger partial charge in [-0.2, -0.15) is 0 Å². The molecule has 3 amide bonds. The highest BCUT2D eigenvalue weighted by molar-refractivity contribution is 9.11. The molecule has 8 nitrogen and oxygen atoms in total. The Hall–Kier alpha value is -2.59. The van der Waals surface area contributed by atoms with Gasteiger partial charge in [-0.1, -0.05) is 0 Å². The fourth-order valence-electron chi connectivity index (χ4n) is 2.12. The molecule has 3 N–H and O–H groups in total. The molecule has 0 spiro atoms. The molecule has 2 aromatic rings. The quantitative estimate of drug-likeness (QED) is 0.540. The fraction of sp³-hybridized carbons (Fsp3) is 0.278. The molecule has 0 unspecified atom stereocenters. The molecule has 1 aromatic carbocycles. The Balaban J connectivity index is 1.96. The van der Waals surface area contributed by atoms with Crippen molar-refractivity contribution in [2.45, 2.75) is 19.9 Å². The Kier molecular flexibility index (Phi) is 7.82. The molecule has 0 aliphatic carbocycles. The van der Waals surface area contributed by atoms with E-state index in [1.807, 2.05) is 13.8 Å². The van der Waals surface area contributed by atoms with E-state index >= 15 is 0 Å². The van der Waals surface area contributed by atoms with Crippen LogP contribution in [-0.2, 0) is 4.79 Å². The van der Waals surface area contributed by atoms with E-state index in [1.165, 1.54) is 36.6 Å². The molecule has 0 saturated carbocycles. The smallest absolute Gasteiger partial charge is 0.279 e. The minimum absolute atomic E-state index is 0.00886. The summed E-state index contributed by atoms with van der Waals surface area (Å²) in [6, 6.07) is 7.87. The van der Waals surface area contributed by atoms with Crippen molar-refractivity contribution in [1.82, 2.24) is 16.2 Å². The van der Waals surface area contributed by atoms with Gasteiger partial charge in [0, 0.05) is 11.6 Å². The molecule has 28 heavy (non-hydrogen) atoms. The summed E-state index contributed by atoms with van der Waals surface area (Å²) in [6.07, 6.45) is 0. The monoisotopic (exact) mass is 469 g/mol. The topological polar surface area (TPSA) is 106 Å². The van der Waals surface area contributed by atoms with Gasteiger partial charge in [0.05, 0.1) is 15.8 Å². The van der Waals surface area contributed by atoms with Crippen LogP contribution in [0.2, 0.25) is 0 Å². The largest absolute Gasteiger partial charge is 0.493 e. The van der Waals surface area contributed by atoms with Gasteiger partial charge in [-0.05, 0) is 60.1 Å². The summed E-state index contributed by atoms with van der Waals surface area (Å²) in [6.45, 7) is 3.52. The van der Waals surface area contributed by atoms with Gasteiger partial charge in [-0.3, -0.25) is 25.2 Å². The highest BCUT2D eigenvalue weighted by Crippen LogP contribution is 2.28. The summed E-state index contributed by atoms with van der Waals surface area (Å²) in [4.78, 5) is 36.4. The number of amides is 3. The maximum atomic E-state index is 12.3. The van der Waals surface area contributed by atoms with E-state index in [2.05, 4.69) is 32.1 Å². The molecule has 1 heterocycles. The Labute approximate surface area is 174 Å². The number of benzene rings is 1. The van der Waals surface area contributed by atoms with Gasteiger partial charge in [0.1, 0.15) is 0 Å². The molecule has 2 rings (SSSR count). The first-order chi connectivity index (χ1) is 13.3. The molecule has 1 aromatic heterocycles. The van der Waals surface area contributed by atoms with Gasteiger partial charge >= 0.3 is 0 Å². The van der Waals surface area contributed by atoms with Crippen LogP contribution in [0.3, 0.4) is 0 Å². The van der Waals surface area contributed by atoms with Crippen molar-refractivity contribution in [3.63, 3.8) is 0 Å². The summed E-state index contributed by atoms with van der Waals surface area (Å²) < 4.78 is 11.5. The SMILES string of the molecule is COc1cc(C(=O)NNC(=O)c2ccc(Br)s2)ccc1OCC(=O)NC(C)C. The van der Waals surface area contributed by atoms with E-state index in [1.54, 1.807) is 12.1 Å². The van der Waals surface area contributed by atoms with Crippen LogP contribution in [0, 0.1) is 0 Å². The van der Waals surface area contributed by atoms with Gasteiger partial charge in [0.25, 0.3) is 17.7 Å². The van der Waals surface area contributed by atoms with Crippen molar-refractivity contribution in [1.29, 1.82) is 0 Å². The molecule has 0 atom stereocenters. The van der Waals surface area contributed by atoms with E-state index in [4.69, 9.17) is 9.47 Å². The molecular weight excluding hydrogens is 450 g/mol. The number of thiophene rings is 1. The van der Waals surface area contributed by atoms with E-state index in [0.29, 0.717) is 16.4 Å². The highest BCUT2D eigenvalue weighted by atomic mass is 79.9. The number of hydrogen-bond acceptors (Lipinski definition) is 6. The minimum Gasteiger partial charge on any atom is -0.493 e. The second kappa shape index (κ2) is 10.1. The molecule has 0 radical (unpaired) electrons. The lowest BCUT2D eigenvalue weighted by molar-refractivity contribution is -0.123. The average Bonchev–Trinajstić information content (AvgIpc) is 3.09. The number of halogens is 1. The molecule has 0 aliphatic heterocycles. The third kappa shape index (κ3) is 6.24. The summed E-state index contributed by atoms with van der Waals surface area (Å²) >= 11 is 4.52. The first-order valence-electron chi connectivity index (χ1n) is 8.26. The normalized spacial score (nSPS) is 10.3. The number of nitrogens with one attached hydrogen (secondary N) is 3. The zero-order valence-corrected chi connectivity index (χ0v) is 17.9. The van der Waals surface area contributed by atoms with Crippen LogP contribution < -0.4 is 25.6 Å². The van der Waals surface area contributed by atoms with E-state index in [9.17, 15) is 14.4 Å². The molecule has 150 valence electrons. The summed E-state index contributed by atoms with van der Waals surface area (Å²) in [7, 11) is 1.43. The van der Waals surface area contributed by atoms with Gasteiger partial charge in [-0.25, -0.2) is 0 Å². The summed E-state index contributed by atoms with van der Waals surface area (Å²) in [5.41, 5.74) is 4.94. The summed E-state index contributed by atoms with van der Waals surface area (Å²) in [5, 5.41) is 2.71. The number of hydrazine groups is 1. The average molecular weight is 470 g/mol. The van der Waals surface area contributed by atoms with Gasteiger partial charge in [0.15, 0.2) is 18.1 Å². The Bertz CT molecular complexity index is 869. The van der Waals surface area contributed by atoms with Crippen LogP contribution in [-0.4, -0.2) is 37.5 Å². The van der Waals surface area contributed by atoms with Crippen LogP contribution in [0.15, 0.2) is 34.1 Å². The number of ether oxygens (including phenoxy) is 2. The van der Waals surface area contributed by atoms with E-state index in [0.717, 1.165) is 3.79 Å². The standard InChI is InChI=1S/C18H20BrN3O5S/c1-10(2)20-16(23)9-27-12-5-4-11(8-13(12)26-3)17(24)21-22-18(25)14-6-7-15(19)28-14/h4-8,10H,9H2,1-3H3,(H,20,23)(H,21,24)(H,22,25). The predicted octanol–water partition coefficient (Wildman–Crippen LogP) is 2.50. The molecule has 10 heteroatoms. The third-order valence-corrected chi connectivity index (χ3v) is 4.94. The molecule has 0 fully saturated rings.